The van der Waals surface area contributed by atoms with E-state index in [4.69, 9.17) is 14.7 Å². The lowest BCUT2D eigenvalue weighted by atomic mass is 9.96. The number of fused-ring (bicyclic) bond motifs is 1. The largest absolute Gasteiger partial charge is 0.370 e. The number of amides is 1. The lowest BCUT2D eigenvalue weighted by Gasteiger charge is -2.32. The molecule has 1 aliphatic heterocycles. The summed E-state index contributed by atoms with van der Waals surface area (Å²) in [7, 11) is 1.80. The molecule has 2 heterocycles. The second-order valence-corrected chi connectivity index (χ2v) is 9.41. The number of hydrogen-bond donors (Lipinski definition) is 0. The third-order valence-electron chi connectivity index (χ3n) is 5.38. The molecule has 31 heavy (non-hydrogen) atoms. The number of para-hydroxylation sites is 1. The maximum Gasteiger partial charge on any atom is 0.237 e. The Balaban J connectivity index is 1.63. The van der Waals surface area contributed by atoms with Crippen molar-refractivity contribution in [3.05, 3.63) is 71.4 Å². The van der Waals surface area contributed by atoms with Gasteiger partial charge in [0.25, 0.3) is 0 Å². The molecule has 1 amide bonds. The van der Waals surface area contributed by atoms with Gasteiger partial charge in [0.2, 0.25) is 5.91 Å². The van der Waals surface area contributed by atoms with Crippen LogP contribution in [0.2, 0.25) is 0 Å². The van der Waals surface area contributed by atoms with Crippen LogP contribution in [0.3, 0.4) is 0 Å². The Morgan fingerprint density at radius 2 is 1.90 bits per heavy atom. The van der Waals surface area contributed by atoms with Crippen LogP contribution >= 0.6 is 11.8 Å². The maximum atomic E-state index is 12.8. The molecule has 6 heteroatoms. The second-order valence-electron chi connectivity index (χ2n) is 8.45. The van der Waals surface area contributed by atoms with Gasteiger partial charge in [0.05, 0.1) is 23.7 Å². The number of anilines is 1. The van der Waals surface area contributed by atoms with E-state index in [9.17, 15) is 4.79 Å². The van der Waals surface area contributed by atoms with Crippen LogP contribution in [0.25, 0.3) is 11.4 Å². The zero-order valence-electron chi connectivity index (χ0n) is 18.4. The summed E-state index contributed by atoms with van der Waals surface area (Å²) in [5.74, 6) is 1.02. The van der Waals surface area contributed by atoms with Gasteiger partial charge >= 0.3 is 0 Å². The Morgan fingerprint density at radius 1 is 1.13 bits per heavy atom. The molecular weight excluding hydrogens is 406 g/mol. The molecule has 1 aliphatic rings. The molecule has 2 aromatic carbocycles. The molecule has 0 saturated carbocycles. The molecule has 0 atom stereocenters. The molecule has 0 aliphatic carbocycles. The van der Waals surface area contributed by atoms with Crippen molar-refractivity contribution in [3.8, 4) is 11.4 Å². The Bertz CT molecular complexity index is 1100. The van der Waals surface area contributed by atoms with Crippen molar-refractivity contribution in [2.24, 2.45) is 0 Å². The van der Waals surface area contributed by atoms with E-state index in [0.717, 1.165) is 39.5 Å². The summed E-state index contributed by atoms with van der Waals surface area (Å²) in [6.45, 7) is 6.68. The third kappa shape index (κ3) is 4.97. The Labute approximate surface area is 187 Å². The van der Waals surface area contributed by atoms with E-state index >= 15 is 0 Å². The number of rotatable bonds is 5. The average molecular weight is 434 g/mol. The van der Waals surface area contributed by atoms with Gasteiger partial charge in [-0.05, 0) is 39.0 Å². The molecule has 0 spiro atoms. The molecule has 0 fully saturated rings. The van der Waals surface area contributed by atoms with Gasteiger partial charge in [-0.1, -0.05) is 53.7 Å². The summed E-state index contributed by atoms with van der Waals surface area (Å²) >= 11 is 1.46. The molecule has 1 aromatic heterocycles. The van der Waals surface area contributed by atoms with Gasteiger partial charge in [0.1, 0.15) is 5.03 Å². The smallest absolute Gasteiger partial charge is 0.237 e. The van der Waals surface area contributed by atoms with Gasteiger partial charge in [-0.15, -0.1) is 0 Å². The molecule has 0 N–H and O–H groups in total. The fourth-order valence-corrected chi connectivity index (χ4v) is 4.53. The fraction of sp³-hybridized carbons (Fsp3) is 0.320. The van der Waals surface area contributed by atoms with Crippen LogP contribution in [0.1, 0.15) is 30.7 Å². The zero-order chi connectivity index (χ0) is 22.0. The average Bonchev–Trinajstić information content (AvgIpc) is 2.76. The molecular formula is C25H27N3O2S. The number of ether oxygens (including phenoxy) is 1. The minimum absolute atomic E-state index is 0.0257. The lowest BCUT2D eigenvalue weighted by molar-refractivity contribution is -0.115. The summed E-state index contributed by atoms with van der Waals surface area (Å²) in [5.41, 5.74) is 4.77. The molecule has 160 valence electrons. The molecule has 0 unspecified atom stereocenters. The van der Waals surface area contributed by atoms with Gasteiger partial charge in [-0.25, -0.2) is 9.97 Å². The van der Waals surface area contributed by atoms with E-state index in [1.54, 1.807) is 11.9 Å². The van der Waals surface area contributed by atoms with Crippen LogP contribution in [0.5, 0.6) is 0 Å². The number of aryl methyl sites for hydroxylation is 1. The maximum absolute atomic E-state index is 12.8. The quantitative estimate of drug-likeness (QED) is 0.416. The van der Waals surface area contributed by atoms with E-state index in [1.807, 2.05) is 42.5 Å². The second kappa shape index (κ2) is 8.81. The predicted molar refractivity (Wildman–Crippen MR) is 125 cm³/mol. The number of carbonyl (C=O) groups excluding carboxylic acids is 1. The van der Waals surface area contributed by atoms with Crippen LogP contribution in [-0.4, -0.2) is 34.3 Å². The lowest BCUT2D eigenvalue weighted by Crippen LogP contribution is -2.33. The van der Waals surface area contributed by atoms with Gasteiger partial charge < -0.3 is 9.64 Å². The van der Waals surface area contributed by atoms with Gasteiger partial charge in [-0.3, -0.25) is 4.79 Å². The molecule has 4 rings (SSSR count). The standard InChI is InChI=1S/C25H27N3O2S/c1-17-9-8-10-18(13-17)23-26-21-14-25(2,3)30-15-20(21)24(27-23)31-16-22(29)28(4)19-11-6-5-7-12-19/h5-13H,14-16H2,1-4H3. The van der Waals surface area contributed by atoms with Gasteiger partial charge in [0, 0.05) is 30.3 Å². The van der Waals surface area contributed by atoms with Crippen LogP contribution in [0.4, 0.5) is 5.69 Å². The summed E-state index contributed by atoms with van der Waals surface area (Å²) < 4.78 is 6.03. The van der Waals surface area contributed by atoms with E-state index in [0.29, 0.717) is 18.2 Å². The van der Waals surface area contributed by atoms with Crippen molar-refractivity contribution in [1.29, 1.82) is 0 Å². The van der Waals surface area contributed by atoms with Crippen molar-refractivity contribution in [2.45, 2.75) is 44.4 Å². The van der Waals surface area contributed by atoms with Crippen LogP contribution in [-0.2, 0) is 22.6 Å². The Hall–Kier alpha value is -2.70. The topological polar surface area (TPSA) is 55.3 Å². The monoisotopic (exact) mass is 433 g/mol. The van der Waals surface area contributed by atoms with Crippen molar-refractivity contribution in [1.82, 2.24) is 9.97 Å². The van der Waals surface area contributed by atoms with Crippen LogP contribution < -0.4 is 4.90 Å². The summed E-state index contributed by atoms with van der Waals surface area (Å²) in [6, 6.07) is 17.9. The number of benzene rings is 2. The molecule has 5 nitrogen and oxygen atoms in total. The predicted octanol–water partition coefficient (Wildman–Crippen LogP) is 5.06. The van der Waals surface area contributed by atoms with Crippen LogP contribution in [0, 0.1) is 6.92 Å². The van der Waals surface area contributed by atoms with Gasteiger partial charge in [-0.2, -0.15) is 0 Å². The van der Waals surface area contributed by atoms with Crippen molar-refractivity contribution >= 4 is 23.4 Å². The van der Waals surface area contributed by atoms with E-state index < -0.39 is 0 Å². The first-order valence-electron chi connectivity index (χ1n) is 10.4. The zero-order valence-corrected chi connectivity index (χ0v) is 19.2. The first kappa shape index (κ1) is 21.5. The van der Waals surface area contributed by atoms with Crippen molar-refractivity contribution < 1.29 is 9.53 Å². The number of aromatic nitrogens is 2. The minimum Gasteiger partial charge on any atom is -0.370 e. The first-order chi connectivity index (χ1) is 14.8. The Kier molecular flexibility index (Phi) is 6.12. The van der Waals surface area contributed by atoms with Crippen LogP contribution in [0.15, 0.2) is 59.6 Å². The minimum atomic E-state index is -0.267. The number of thioether (sulfide) groups is 1. The number of hydrogen-bond acceptors (Lipinski definition) is 5. The van der Waals surface area contributed by atoms with E-state index in [-0.39, 0.29) is 11.5 Å². The normalized spacial score (nSPS) is 14.7. The van der Waals surface area contributed by atoms with Crippen molar-refractivity contribution in [2.75, 3.05) is 17.7 Å². The molecule has 0 bridgehead atoms. The summed E-state index contributed by atoms with van der Waals surface area (Å²) in [6.07, 6.45) is 0.717. The number of nitrogens with zero attached hydrogens (tertiary/aromatic N) is 3. The SMILES string of the molecule is Cc1cccc(-c2nc3c(c(SCC(=O)N(C)c4ccccc4)n2)COC(C)(C)C3)c1. The summed E-state index contributed by atoms with van der Waals surface area (Å²) in [4.78, 5) is 24.2. The van der Waals surface area contributed by atoms with Crippen molar-refractivity contribution in [3.63, 3.8) is 0 Å². The van der Waals surface area contributed by atoms with E-state index in [1.165, 1.54) is 11.8 Å². The highest BCUT2D eigenvalue weighted by atomic mass is 32.2. The summed E-state index contributed by atoms with van der Waals surface area (Å²) in [5, 5.41) is 0.826. The molecule has 3 aromatic rings. The number of carbonyl (C=O) groups is 1. The molecule has 0 radical (unpaired) electrons. The highest BCUT2D eigenvalue weighted by Gasteiger charge is 2.30. The fourth-order valence-electron chi connectivity index (χ4n) is 3.58. The first-order valence-corrected chi connectivity index (χ1v) is 11.4. The third-order valence-corrected chi connectivity index (χ3v) is 6.38. The highest BCUT2D eigenvalue weighted by molar-refractivity contribution is 8.00. The Morgan fingerprint density at radius 3 is 2.65 bits per heavy atom. The van der Waals surface area contributed by atoms with E-state index in [2.05, 4.69) is 32.9 Å². The van der Waals surface area contributed by atoms with Gasteiger partial charge in [0.15, 0.2) is 5.82 Å². The molecule has 0 saturated heterocycles. The highest BCUT2D eigenvalue weighted by Crippen LogP contribution is 2.34.